The molecule has 1 heterocycles. The molecule has 0 fully saturated rings. The number of carbonyl (C=O) groups excluding carboxylic acids is 2. The molecule has 3 aromatic rings. The van der Waals surface area contributed by atoms with Gasteiger partial charge in [-0.2, -0.15) is 13.2 Å². The molecule has 0 radical (unpaired) electrons. The standard InChI is InChI=1S/C24H17ClF4N4O4/c1-31-18(34)8-11-7-17(33-22(35)19-14(24(27,28)29)3-2-4-15(19)25)21(32-10-11)20(30)13-6-5-12(23(36)37)9-16(13)26/h2-7,9-10,30H,8H2,1H3,(H,31,34)(H,33,35)(H,36,37). The fraction of sp³-hybridized carbons (Fsp3) is 0.125. The fourth-order valence-electron chi connectivity index (χ4n) is 3.33. The molecule has 13 heteroatoms. The highest BCUT2D eigenvalue weighted by Crippen LogP contribution is 2.35. The van der Waals surface area contributed by atoms with E-state index in [-0.39, 0.29) is 34.5 Å². The molecular weight excluding hydrogens is 520 g/mol. The first-order valence-electron chi connectivity index (χ1n) is 10.3. The van der Waals surface area contributed by atoms with Gasteiger partial charge in [-0.05, 0) is 42.0 Å². The third-order valence-corrected chi connectivity index (χ3v) is 5.42. The van der Waals surface area contributed by atoms with E-state index in [1.54, 1.807) is 0 Å². The first kappa shape index (κ1) is 27.3. The summed E-state index contributed by atoms with van der Waals surface area (Å²) in [5.74, 6) is -4.21. The Morgan fingerprint density at radius 2 is 1.84 bits per heavy atom. The van der Waals surface area contributed by atoms with Crippen molar-refractivity contribution in [3.05, 3.63) is 93.0 Å². The highest BCUT2D eigenvalue weighted by Gasteiger charge is 2.36. The minimum absolute atomic E-state index is 0.221. The minimum Gasteiger partial charge on any atom is -0.478 e. The summed E-state index contributed by atoms with van der Waals surface area (Å²) in [4.78, 5) is 39.9. The molecular formula is C24H17ClF4N4O4. The number of aromatic nitrogens is 1. The summed E-state index contributed by atoms with van der Waals surface area (Å²) < 4.78 is 55.2. The summed E-state index contributed by atoms with van der Waals surface area (Å²) in [5, 5.41) is 21.6. The van der Waals surface area contributed by atoms with Crippen LogP contribution in [0.1, 0.15) is 43.1 Å². The molecule has 0 aliphatic carbocycles. The molecule has 4 N–H and O–H groups in total. The molecule has 192 valence electrons. The zero-order valence-corrected chi connectivity index (χ0v) is 19.6. The molecule has 1 aromatic heterocycles. The Kier molecular flexibility index (Phi) is 7.92. The van der Waals surface area contributed by atoms with Crippen LogP contribution >= 0.6 is 11.6 Å². The SMILES string of the molecule is CNC(=O)Cc1cnc(C(=N)c2ccc(C(=O)O)cc2F)c(NC(=O)c2c(Cl)cccc2C(F)(F)F)c1. The van der Waals surface area contributed by atoms with Crippen LogP contribution in [0, 0.1) is 11.2 Å². The molecule has 0 bridgehead atoms. The van der Waals surface area contributed by atoms with Crippen molar-refractivity contribution in [3.8, 4) is 0 Å². The number of hydrogen-bond donors (Lipinski definition) is 4. The van der Waals surface area contributed by atoms with Gasteiger partial charge in [0, 0.05) is 18.8 Å². The van der Waals surface area contributed by atoms with Gasteiger partial charge >= 0.3 is 12.1 Å². The molecule has 37 heavy (non-hydrogen) atoms. The van der Waals surface area contributed by atoms with Gasteiger partial charge < -0.3 is 15.7 Å². The van der Waals surface area contributed by atoms with E-state index in [1.165, 1.54) is 19.3 Å². The van der Waals surface area contributed by atoms with Crippen molar-refractivity contribution < 1.29 is 37.1 Å². The van der Waals surface area contributed by atoms with E-state index in [2.05, 4.69) is 15.6 Å². The second kappa shape index (κ2) is 10.7. The van der Waals surface area contributed by atoms with Crippen molar-refractivity contribution in [2.45, 2.75) is 12.6 Å². The Balaban J connectivity index is 2.11. The smallest absolute Gasteiger partial charge is 0.417 e. The van der Waals surface area contributed by atoms with Crippen LogP contribution in [0.2, 0.25) is 5.02 Å². The number of pyridine rings is 1. The van der Waals surface area contributed by atoms with Gasteiger partial charge in [-0.1, -0.05) is 17.7 Å². The summed E-state index contributed by atoms with van der Waals surface area (Å²) >= 11 is 5.91. The molecule has 0 saturated carbocycles. The van der Waals surface area contributed by atoms with E-state index in [0.717, 1.165) is 24.3 Å². The number of alkyl halides is 3. The monoisotopic (exact) mass is 536 g/mol. The molecule has 0 unspecified atom stereocenters. The predicted molar refractivity (Wildman–Crippen MR) is 126 cm³/mol. The molecule has 2 aromatic carbocycles. The van der Waals surface area contributed by atoms with Crippen LogP contribution in [0.5, 0.6) is 0 Å². The van der Waals surface area contributed by atoms with E-state index in [4.69, 9.17) is 22.1 Å². The molecule has 0 saturated heterocycles. The number of carboxylic acid groups (broad SMARTS) is 1. The van der Waals surface area contributed by atoms with Gasteiger partial charge in [-0.15, -0.1) is 0 Å². The number of hydrogen-bond acceptors (Lipinski definition) is 5. The summed E-state index contributed by atoms with van der Waals surface area (Å²) in [6.45, 7) is 0. The van der Waals surface area contributed by atoms with E-state index < -0.39 is 51.6 Å². The van der Waals surface area contributed by atoms with Crippen molar-refractivity contribution in [2.75, 3.05) is 12.4 Å². The largest absolute Gasteiger partial charge is 0.478 e. The van der Waals surface area contributed by atoms with Gasteiger partial charge in [0.1, 0.15) is 11.5 Å². The van der Waals surface area contributed by atoms with E-state index in [9.17, 15) is 31.9 Å². The summed E-state index contributed by atoms with van der Waals surface area (Å²) in [6.07, 6.45) is -3.96. The lowest BCUT2D eigenvalue weighted by Gasteiger charge is -2.17. The zero-order valence-electron chi connectivity index (χ0n) is 18.8. The summed E-state index contributed by atoms with van der Waals surface area (Å²) in [5.41, 5.74) is -3.99. The second-order valence-electron chi connectivity index (χ2n) is 7.58. The van der Waals surface area contributed by atoms with E-state index >= 15 is 0 Å². The molecule has 0 atom stereocenters. The third-order valence-electron chi connectivity index (χ3n) is 5.10. The number of anilines is 1. The highest BCUT2D eigenvalue weighted by atomic mass is 35.5. The Morgan fingerprint density at radius 3 is 2.43 bits per heavy atom. The van der Waals surface area contributed by atoms with Crippen molar-refractivity contribution >= 4 is 40.8 Å². The van der Waals surface area contributed by atoms with Gasteiger partial charge in [0.2, 0.25) is 5.91 Å². The van der Waals surface area contributed by atoms with Gasteiger partial charge in [0.25, 0.3) is 5.91 Å². The van der Waals surface area contributed by atoms with Crippen LogP contribution in [-0.2, 0) is 17.4 Å². The number of carboxylic acids is 1. The lowest BCUT2D eigenvalue weighted by Crippen LogP contribution is -2.23. The van der Waals surface area contributed by atoms with Crippen LogP contribution in [-0.4, -0.2) is 40.6 Å². The second-order valence-corrected chi connectivity index (χ2v) is 7.99. The molecule has 0 aliphatic rings. The number of halogens is 5. The number of aromatic carboxylic acids is 1. The lowest BCUT2D eigenvalue weighted by molar-refractivity contribution is -0.137. The van der Waals surface area contributed by atoms with Crippen molar-refractivity contribution in [3.63, 3.8) is 0 Å². The lowest BCUT2D eigenvalue weighted by atomic mass is 10.0. The van der Waals surface area contributed by atoms with E-state index in [0.29, 0.717) is 12.1 Å². The molecule has 2 amide bonds. The topological polar surface area (TPSA) is 132 Å². The average molecular weight is 537 g/mol. The summed E-state index contributed by atoms with van der Waals surface area (Å²) in [6, 6.07) is 6.74. The highest BCUT2D eigenvalue weighted by molar-refractivity contribution is 6.34. The van der Waals surface area contributed by atoms with Crippen LogP contribution in [0.4, 0.5) is 23.2 Å². The van der Waals surface area contributed by atoms with E-state index in [1.807, 2.05) is 0 Å². The van der Waals surface area contributed by atoms with Gasteiger partial charge in [-0.3, -0.25) is 20.0 Å². The number of nitrogens with one attached hydrogen (secondary N) is 3. The number of amides is 2. The fourth-order valence-corrected chi connectivity index (χ4v) is 3.59. The van der Waals surface area contributed by atoms with Crippen LogP contribution in [0.3, 0.4) is 0 Å². The van der Waals surface area contributed by atoms with Crippen LogP contribution in [0.25, 0.3) is 0 Å². The number of rotatable bonds is 7. The number of carbonyl (C=O) groups is 3. The number of likely N-dealkylation sites (N-methyl/N-ethyl adjacent to an activating group) is 1. The maximum absolute atomic E-state index is 14.6. The van der Waals surface area contributed by atoms with Crippen LogP contribution < -0.4 is 10.6 Å². The maximum atomic E-state index is 14.6. The molecule has 3 rings (SSSR count). The minimum atomic E-state index is -4.92. The Labute approximate surface area is 211 Å². The van der Waals surface area contributed by atoms with Crippen molar-refractivity contribution in [1.29, 1.82) is 5.41 Å². The summed E-state index contributed by atoms with van der Waals surface area (Å²) in [7, 11) is 1.38. The molecule has 0 spiro atoms. The zero-order chi connectivity index (χ0) is 27.5. The Morgan fingerprint density at radius 1 is 1.14 bits per heavy atom. The van der Waals surface area contributed by atoms with Gasteiger partial charge in [0.05, 0.1) is 39.5 Å². The quantitative estimate of drug-likeness (QED) is 0.260. The maximum Gasteiger partial charge on any atom is 0.417 e. The van der Waals surface area contributed by atoms with Crippen molar-refractivity contribution in [2.24, 2.45) is 0 Å². The van der Waals surface area contributed by atoms with Crippen molar-refractivity contribution in [1.82, 2.24) is 10.3 Å². The predicted octanol–water partition coefficient (Wildman–Crippen LogP) is 4.55. The Bertz CT molecular complexity index is 1430. The normalized spacial score (nSPS) is 11.1. The van der Waals surface area contributed by atoms with Gasteiger partial charge in [0.15, 0.2) is 0 Å². The first-order chi connectivity index (χ1) is 17.3. The Hall–Kier alpha value is -4.32. The average Bonchev–Trinajstić information content (AvgIpc) is 2.82. The number of benzene rings is 2. The molecule has 0 aliphatic heterocycles. The number of nitrogens with zero attached hydrogens (tertiary/aromatic N) is 1. The van der Waals surface area contributed by atoms with Crippen LogP contribution in [0.15, 0.2) is 48.7 Å². The first-order valence-corrected chi connectivity index (χ1v) is 10.7. The third kappa shape index (κ3) is 6.09. The van der Waals surface area contributed by atoms with Gasteiger partial charge in [-0.25, -0.2) is 9.18 Å². The molecule has 8 nitrogen and oxygen atoms in total.